The molecule has 0 rings (SSSR count). The van der Waals surface area contributed by atoms with Crippen LogP contribution in [0.25, 0.3) is 0 Å². The van der Waals surface area contributed by atoms with Crippen LogP contribution in [0.1, 0.15) is 470 Å². The van der Waals surface area contributed by atoms with E-state index >= 15 is 0 Å². The van der Waals surface area contributed by atoms with Crippen LogP contribution in [0.5, 0.6) is 0 Å². The molecule has 0 bridgehead atoms. The van der Waals surface area contributed by atoms with Crippen LogP contribution in [0.15, 0.2) is 12.2 Å². The molecule has 0 spiro atoms. The Morgan fingerprint density at radius 3 is 0.782 bits per heavy atom. The lowest BCUT2D eigenvalue weighted by Crippen LogP contribution is -2.45. The van der Waals surface area contributed by atoms with Crippen LogP contribution in [0.4, 0.5) is 0 Å². The summed E-state index contributed by atoms with van der Waals surface area (Å²) in [6.07, 6.45) is 97.9. The fraction of sp³-hybridized carbons (Fsp3) is 0.951. The summed E-state index contributed by atoms with van der Waals surface area (Å²) < 4.78 is 5.50. The number of nitrogens with one attached hydrogen (secondary N) is 1. The number of ether oxygens (including phenoxy) is 1. The van der Waals surface area contributed by atoms with E-state index in [0.29, 0.717) is 19.4 Å². The van der Waals surface area contributed by atoms with E-state index in [1.54, 1.807) is 6.08 Å². The van der Waals surface area contributed by atoms with Gasteiger partial charge < -0.3 is 20.3 Å². The molecule has 0 radical (unpaired) electrons. The van der Waals surface area contributed by atoms with Gasteiger partial charge in [0.2, 0.25) is 5.91 Å². The van der Waals surface area contributed by atoms with E-state index in [2.05, 4.69) is 19.2 Å². The quantitative estimate of drug-likeness (QED) is 0.0320. The van der Waals surface area contributed by atoms with Gasteiger partial charge in [-0.1, -0.05) is 437 Å². The number of hydrogen-bond acceptors (Lipinski definition) is 5. The summed E-state index contributed by atoms with van der Waals surface area (Å²) in [6, 6.07) is -0.623. The Morgan fingerprint density at radius 2 is 0.529 bits per heavy atom. The summed E-state index contributed by atoms with van der Waals surface area (Å²) in [4.78, 5) is 24.6. The van der Waals surface area contributed by atoms with Crippen LogP contribution in [0.2, 0.25) is 0 Å². The third-order valence-corrected chi connectivity index (χ3v) is 19.3. The Morgan fingerprint density at radius 1 is 0.310 bits per heavy atom. The van der Waals surface area contributed by atoms with E-state index in [4.69, 9.17) is 4.74 Å². The number of aliphatic hydroxyl groups excluding tert-OH is 2. The minimum Gasteiger partial charge on any atom is -0.466 e. The fourth-order valence-electron chi connectivity index (χ4n) is 13.2. The smallest absolute Gasteiger partial charge is 0.305 e. The molecule has 1 amide bonds. The molecule has 0 aromatic carbocycles. The second-order valence-corrected chi connectivity index (χ2v) is 28.1. The molecule has 0 aromatic rings. The van der Waals surface area contributed by atoms with Crippen LogP contribution in [-0.2, 0) is 14.3 Å². The Hall–Kier alpha value is -1.40. The average Bonchev–Trinajstić information content (AvgIpc) is 3.53. The number of carbonyl (C=O) groups excluding carboxylic acids is 2. The second kappa shape index (κ2) is 77.1. The van der Waals surface area contributed by atoms with E-state index < -0.39 is 12.1 Å². The zero-order chi connectivity index (χ0) is 62.8. The average molecular weight is 1230 g/mol. The summed E-state index contributed by atoms with van der Waals surface area (Å²) in [5.74, 6) is -0.0304. The zero-order valence-corrected chi connectivity index (χ0v) is 59.5. The van der Waals surface area contributed by atoms with Crippen LogP contribution in [-0.4, -0.2) is 47.4 Å². The van der Waals surface area contributed by atoms with Crippen molar-refractivity contribution in [1.29, 1.82) is 0 Å². The summed E-state index contributed by atoms with van der Waals surface area (Å²) in [6.45, 7) is 4.96. The molecule has 0 saturated heterocycles. The highest BCUT2D eigenvalue weighted by Crippen LogP contribution is 2.20. The van der Waals surface area contributed by atoms with E-state index in [1.165, 1.54) is 405 Å². The van der Waals surface area contributed by atoms with Crippen molar-refractivity contribution in [3.8, 4) is 0 Å². The standard InChI is InChI=1S/C81H159NO5/c1-3-5-7-9-11-13-15-17-19-43-46-49-53-57-61-65-69-73-79(84)78(77-83)82-80(85)74-70-66-62-58-54-50-47-44-41-39-37-35-33-31-29-27-25-23-21-20-22-24-26-28-30-32-34-36-38-40-42-45-48-52-56-60-64-68-72-76-87-81(86)75-71-67-63-59-55-51-18-16-14-12-10-8-6-4-2/h69,73,78-79,83-84H,3-68,70-72,74-77H2,1-2H3,(H,82,85)/b73-69+. The topological polar surface area (TPSA) is 95.9 Å². The van der Waals surface area contributed by atoms with Crippen molar-refractivity contribution in [3.63, 3.8) is 0 Å². The highest BCUT2D eigenvalue weighted by atomic mass is 16.5. The lowest BCUT2D eigenvalue weighted by atomic mass is 10.0. The molecule has 2 unspecified atom stereocenters. The normalized spacial score (nSPS) is 12.5. The Balaban J connectivity index is 3.29. The molecule has 0 saturated carbocycles. The maximum Gasteiger partial charge on any atom is 0.305 e. The van der Waals surface area contributed by atoms with Crippen LogP contribution in [0, 0.1) is 0 Å². The van der Waals surface area contributed by atoms with Crippen molar-refractivity contribution >= 4 is 11.9 Å². The molecule has 6 nitrogen and oxygen atoms in total. The van der Waals surface area contributed by atoms with Crippen LogP contribution < -0.4 is 5.32 Å². The monoisotopic (exact) mass is 1230 g/mol. The molecule has 0 aliphatic carbocycles. The maximum atomic E-state index is 12.5. The van der Waals surface area contributed by atoms with Crippen molar-refractivity contribution in [1.82, 2.24) is 5.32 Å². The Kier molecular flexibility index (Phi) is 75.8. The molecular weight excluding hydrogens is 1070 g/mol. The van der Waals surface area contributed by atoms with Crippen LogP contribution >= 0.6 is 0 Å². The van der Waals surface area contributed by atoms with Gasteiger partial charge in [0.05, 0.1) is 25.4 Å². The first kappa shape index (κ1) is 85.6. The highest BCUT2D eigenvalue weighted by molar-refractivity contribution is 5.76. The number of esters is 1. The van der Waals surface area contributed by atoms with Gasteiger partial charge in [0.25, 0.3) is 0 Å². The Labute approximate surface area is 546 Å². The Bertz CT molecular complexity index is 1320. The molecule has 0 aliphatic heterocycles. The van der Waals surface area contributed by atoms with Crippen LogP contribution in [0.3, 0.4) is 0 Å². The van der Waals surface area contributed by atoms with E-state index in [0.717, 1.165) is 38.5 Å². The van der Waals surface area contributed by atoms with Gasteiger partial charge in [0, 0.05) is 12.8 Å². The van der Waals surface area contributed by atoms with Gasteiger partial charge in [-0.2, -0.15) is 0 Å². The number of unbranched alkanes of at least 4 members (excludes halogenated alkanes) is 66. The largest absolute Gasteiger partial charge is 0.466 e. The highest BCUT2D eigenvalue weighted by Gasteiger charge is 2.18. The SMILES string of the molecule is CCCCCCCCCCCCCCCCC/C=C/C(O)C(CO)NC(=O)CCCCCCCCCCCCCCCCCCCCCCCCCCCCCCCCCCCCCCCCCOC(=O)CCCCCCCCCCCCCCCC. The van der Waals surface area contributed by atoms with Gasteiger partial charge in [-0.25, -0.2) is 0 Å². The number of hydrogen-bond donors (Lipinski definition) is 3. The summed E-state index contributed by atoms with van der Waals surface area (Å²) >= 11 is 0. The maximum absolute atomic E-state index is 12.5. The molecule has 6 heteroatoms. The lowest BCUT2D eigenvalue weighted by molar-refractivity contribution is -0.143. The minimum absolute atomic E-state index is 0.0273. The van der Waals surface area contributed by atoms with E-state index in [1.807, 2.05) is 6.08 Å². The first-order chi connectivity index (χ1) is 43.0. The summed E-state index contributed by atoms with van der Waals surface area (Å²) in [5, 5.41) is 23.2. The molecular formula is C81H159NO5. The number of rotatable bonds is 77. The van der Waals surface area contributed by atoms with Gasteiger partial charge in [-0.15, -0.1) is 0 Å². The molecule has 0 fully saturated rings. The molecule has 2 atom stereocenters. The third-order valence-electron chi connectivity index (χ3n) is 19.3. The van der Waals surface area contributed by atoms with Crippen molar-refractivity contribution in [2.45, 2.75) is 482 Å². The summed E-state index contributed by atoms with van der Waals surface area (Å²) in [7, 11) is 0. The first-order valence-corrected chi connectivity index (χ1v) is 40.5. The molecule has 3 N–H and O–H groups in total. The van der Waals surface area contributed by atoms with Crippen molar-refractivity contribution in [2.75, 3.05) is 13.2 Å². The first-order valence-electron chi connectivity index (χ1n) is 40.5. The fourth-order valence-corrected chi connectivity index (χ4v) is 13.2. The van der Waals surface area contributed by atoms with Gasteiger partial charge >= 0.3 is 5.97 Å². The molecule has 0 aliphatic rings. The minimum atomic E-state index is -0.840. The molecule has 87 heavy (non-hydrogen) atoms. The van der Waals surface area contributed by atoms with Gasteiger partial charge in [0.1, 0.15) is 0 Å². The zero-order valence-electron chi connectivity index (χ0n) is 59.5. The number of aliphatic hydroxyl groups is 2. The third kappa shape index (κ3) is 73.5. The second-order valence-electron chi connectivity index (χ2n) is 28.1. The predicted molar refractivity (Wildman–Crippen MR) is 384 cm³/mol. The summed E-state index contributed by atoms with van der Waals surface area (Å²) in [5.41, 5.74) is 0. The number of amides is 1. The lowest BCUT2D eigenvalue weighted by Gasteiger charge is -2.20. The van der Waals surface area contributed by atoms with Crippen molar-refractivity contribution in [3.05, 3.63) is 12.2 Å². The van der Waals surface area contributed by atoms with Gasteiger partial charge in [0.15, 0.2) is 0 Å². The van der Waals surface area contributed by atoms with Gasteiger partial charge in [-0.05, 0) is 32.1 Å². The number of carbonyl (C=O) groups is 2. The van der Waals surface area contributed by atoms with Gasteiger partial charge in [-0.3, -0.25) is 9.59 Å². The van der Waals surface area contributed by atoms with Crippen molar-refractivity contribution < 1.29 is 24.5 Å². The molecule has 0 aromatic heterocycles. The number of allylic oxidation sites excluding steroid dienone is 1. The predicted octanol–water partition coefficient (Wildman–Crippen LogP) is 26.7. The van der Waals surface area contributed by atoms with Crippen molar-refractivity contribution in [2.24, 2.45) is 0 Å². The van der Waals surface area contributed by atoms with E-state index in [9.17, 15) is 19.8 Å². The molecule has 0 heterocycles. The molecule has 518 valence electrons. The van der Waals surface area contributed by atoms with E-state index in [-0.39, 0.29) is 18.5 Å².